The highest BCUT2D eigenvalue weighted by atomic mass is 15.1. The van der Waals surface area contributed by atoms with Gasteiger partial charge in [0.05, 0.1) is 64.7 Å². The fourth-order valence-electron chi connectivity index (χ4n) is 14.5. The van der Waals surface area contributed by atoms with Crippen LogP contribution in [0.4, 0.5) is 0 Å². The Morgan fingerprint density at radius 1 is 0.198 bits per heavy atom. The molecule has 496 valence electrons. The highest BCUT2D eigenvalue weighted by molar-refractivity contribution is 6.21. The third-order valence-corrected chi connectivity index (χ3v) is 19.3. The maximum absolute atomic E-state index is 8.75. The molecule has 7 heterocycles. The Morgan fingerprint density at radius 3 is 0.858 bits per heavy atom. The molecule has 0 N–H and O–H groups in total. The Bertz CT molecular complexity index is 7700. The monoisotopic (exact) mass is 1370 g/mol. The van der Waals surface area contributed by atoms with Crippen LogP contribution in [0.1, 0.15) is 20.6 Å². The second-order valence-electron chi connectivity index (χ2n) is 25.4. The van der Waals surface area contributed by atoms with Gasteiger partial charge in [-0.1, -0.05) is 254 Å². The number of benzene rings is 14. The molecule has 0 spiro atoms. The Kier molecular flexibility index (Phi) is 11.6. The highest BCUT2D eigenvalue weighted by Crippen LogP contribution is 2.43. The molecular weight excluding hydrogens is 1300 g/mol. The average molecular weight is 1370 g/mol. The van der Waals surface area contributed by atoms with E-state index < -0.39 is 78.6 Å². The molecule has 11 heteroatoms. The van der Waals surface area contributed by atoms with E-state index >= 15 is 0 Å². The molecule has 0 saturated heterocycles. The van der Waals surface area contributed by atoms with Crippen molar-refractivity contribution in [3.63, 3.8) is 0 Å². The predicted octanol–water partition coefficient (Wildman–Crippen LogP) is 23.2. The number of aromatic nitrogens is 11. The van der Waals surface area contributed by atoms with Gasteiger partial charge in [0.1, 0.15) is 5.82 Å². The lowest BCUT2D eigenvalue weighted by molar-refractivity contribution is 1.05. The molecule has 0 amide bonds. The quantitative estimate of drug-likeness (QED) is 0.127. The van der Waals surface area contributed by atoms with Crippen LogP contribution in [0.25, 0.3) is 190 Å². The Hall–Kier alpha value is -14.6. The van der Waals surface area contributed by atoms with E-state index in [4.69, 9.17) is 40.5 Å². The van der Waals surface area contributed by atoms with Crippen LogP contribution in [-0.4, -0.2) is 53.2 Å². The third kappa shape index (κ3) is 10.7. The third-order valence-electron chi connectivity index (χ3n) is 19.3. The summed E-state index contributed by atoms with van der Waals surface area (Å²) in [5.74, 6) is 0.429. The van der Waals surface area contributed by atoms with Crippen LogP contribution in [0.5, 0.6) is 0 Å². The van der Waals surface area contributed by atoms with E-state index in [0.717, 1.165) is 105 Å². The lowest BCUT2D eigenvalue weighted by Crippen LogP contribution is -2.01. The zero-order valence-electron chi connectivity index (χ0n) is 71.0. The summed E-state index contributed by atoms with van der Waals surface area (Å²) < 4.78 is 135. The van der Waals surface area contributed by atoms with Gasteiger partial charge in [0, 0.05) is 99.7 Å². The Morgan fingerprint density at radius 2 is 0.481 bits per heavy atom. The van der Waals surface area contributed by atoms with E-state index in [0.29, 0.717) is 34.2 Å². The molecule has 11 nitrogen and oxygen atoms in total. The first-order valence-electron chi connectivity index (χ1n) is 41.8. The summed E-state index contributed by atoms with van der Waals surface area (Å²) >= 11 is 0. The maximum atomic E-state index is 8.75. The molecule has 0 saturated carbocycles. The van der Waals surface area contributed by atoms with Crippen LogP contribution in [0, 0.1) is 0 Å². The van der Waals surface area contributed by atoms with Gasteiger partial charge < -0.3 is 13.7 Å². The van der Waals surface area contributed by atoms with E-state index in [1.165, 1.54) is 17.0 Å². The molecule has 0 aliphatic carbocycles. The van der Waals surface area contributed by atoms with Crippen molar-refractivity contribution in [2.45, 2.75) is 0 Å². The second-order valence-corrected chi connectivity index (χ2v) is 25.4. The van der Waals surface area contributed by atoms with Crippen LogP contribution in [0.2, 0.25) is 0 Å². The van der Waals surface area contributed by atoms with Crippen LogP contribution in [0.3, 0.4) is 0 Å². The van der Waals surface area contributed by atoms with Gasteiger partial charge in [-0.25, -0.2) is 34.9 Å². The largest absolute Gasteiger partial charge is 0.309 e. The number of rotatable bonds is 11. The number of hydrogen-bond donors (Lipinski definition) is 0. The fraction of sp³-hybridized carbons (Fsp3) is 0. The van der Waals surface area contributed by atoms with Crippen molar-refractivity contribution < 1.29 is 20.6 Å². The molecule has 21 aromatic rings. The predicted molar refractivity (Wildman–Crippen MR) is 433 cm³/mol. The van der Waals surface area contributed by atoms with E-state index in [1.54, 1.807) is 12.1 Å². The molecule has 0 radical (unpaired) electrons. The summed E-state index contributed by atoms with van der Waals surface area (Å²) in [6.45, 7) is 0. The molecule has 7 aromatic heterocycles. The van der Waals surface area contributed by atoms with Gasteiger partial charge >= 0.3 is 0 Å². The normalized spacial score (nSPS) is 13.6. The number of para-hydroxylation sites is 6. The van der Waals surface area contributed by atoms with Crippen LogP contribution < -0.4 is 0 Å². The Balaban J connectivity index is 0.000000154. The molecular formula is C95H61N11. The van der Waals surface area contributed by atoms with Crippen molar-refractivity contribution in [1.29, 1.82) is 0 Å². The second kappa shape index (κ2) is 25.8. The summed E-state index contributed by atoms with van der Waals surface area (Å²) in [4.78, 5) is 32.8. The minimum Gasteiger partial charge on any atom is -0.309 e. The highest BCUT2D eigenvalue weighted by Gasteiger charge is 2.23. The summed E-state index contributed by atoms with van der Waals surface area (Å²) in [6.07, 6.45) is 1.53. The van der Waals surface area contributed by atoms with E-state index in [2.05, 4.69) is 161 Å². The Labute approximate surface area is 630 Å². The van der Waals surface area contributed by atoms with Gasteiger partial charge in [-0.05, 0) is 120 Å². The first kappa shape index (κ1) is 47.5. The summed E-state index contributed by atoms with van der Waals surface area (Å²) in [6, 6.07) is 84.3. The van der Waals surface area contributed by atoms with E-state index in [-0.39, 0.29) is 52.1 Å². The summed E-state index contributed by atoms with van der Waals surface area (Å²) in [5, 5.41) is 8.95. The molecule has 0 aliphatic rings. The molecule has 14 aromatic carbocycles. The van der Waals surface area contributed by atoms with Crippen molar-refractivity contribution in [1.82, 2.24) is 53.2 Å². The minimum absolute atomic E-state index is 0.00608. The van der Waals surface area contributed by atoms with Gasteiger partial charge in [0.2, 0.25) is 0 Å². The van der Waals surface area contributed by atoms with Crippen molar-refractivity contribution in [3.8, 4) is 102 Å². The lowest BCUT2D eigenvalue weighted by Gasteiger charge is -2.12. The van der Waals surface area contributed by atoms with Gasteiger partial charge in [0.15, 0.2) is 34.9 Å². The van der Waals surface area contributed by atoms with Crippen molar-refractivity contribution in [2.75, 3.05) is 0 Å². The molecule has 0 aliphatic heterocycles. The number of hydrogen-bond acceptors (Lipinski definition) is 7. The SMILES string of the molecule is [2H]c1c([2H])c([2H])c(-c2nc(-c3ccc(-c4ccccc4)cc3)nc(-c3ccc(-n4c5ccccc5c5cc6c7ccccc7n(-c7ccccc7)c6cc54)cc3)n2)c([2H])c1[2H].[2H]c1c([2H])c([2H])c(-c2nc(-c3ccc(-n4c5ccccc5c5cc6c7ccccc7n(-c7ccccc7)c6cc54)nc3)nc(-c3c([2H])c([2H])c([2H])c([2H])c3[2H])n2)c([2H])c1[2H]. The van der Waals surface area contributed by atoms with Crippen LogP contribution in [0.15, 0.2) is 370 Å². The zero-order valence-corrected chi connectivity index (χ0v) is 56.0. The van der Waals surface area contributed by atoms with Gasteiger partial charge in [-0.15, -0.1) is 0 Å². The number of nitrogens with zero attached hydrogens (tertiary/aromatic N) is 11. The standard InChI is InChI=1S/C51H33N5.C44H28N6/c1-4-14-34(15-5-1)35-24-26-37(27-25-35)50-52-49(36-16-6-2-7-17-36)53-51(54-50)38-28-30-40(31-29-38)56-46-23-13-11-21-42(46)44-32-43-41-20-10-12-22-45(41)55(47(43)33-48(44)56)39-18-8-3-9-19-39;1-4-14-29(15-5-1)42-46-43(30-16-6-2-7-17-30)48-44(47-42)31-24-25-41(45-28-31)50-38-23-13-11-21-34(38)36-26-35-33-20-10-12-22-37(33)49(39(35)27-40(36)50)32-18-8-3-9-19-32/h1-33H;1-28H/i2D,6D,7D,16D,17D;1D,2D,4D,5D,6D,7D,14D,15D,16D,17D. The van der Waals surface area contributed by atoms with Crippen LogP contribution in [-0.2, 0) is 0 Å². The fourth-order valence-corrected chi connectivity index (χ4v) is 14.5. The topological polar surface area (TPSA) is 110 Å². The molecule has 0 unspecified atom stereocenters. The van der Waals surface area contributed by atoms with Gasteiger partial charge in [0.25, 0.3) is 0 Å². The molecule has 106 heavy (non-hydrogen) atoms. The number of pyridine rings is 1. The van der Waals surface area contributed by atoms with E-state index in [1.807, 2.05) is 133 Å². The first-order chi connectivity index (χ1) is 58.8. The molecule has 0 bridgehead atoms. The van der Waals surface area contributed by atoms with Crippen molar-refractivity contribution in [3.05, 3.63) is 370 Å². The lowest BCUT2D eigenvalue weighted by atomic mass is 10.0. The van der Waals surface area contributed by atoms with Crippen molar-refractivity contribution in [2.24, 2.45) is 0 Å². The smallest absolute Gasteiger partial charge is 0.165 e. The average Bonchev–Trinajstić information content (AvgIpc) is 1.57. The van der Waals surface area contributed by atoms with Gasteiger partial charge in [-0.2, -0.15) is 0 Å². The first-order valence-corrected chi connectivity index (χ1v) is 34.3. The van der Waals surface area contributed by atoms with Crippen molar-refractivity contribution >= 4 is 87.2 Å². The minimum atomic E-state index is -0.615. The van der Waals surface area contributed by atoms with Gasteiger partial charge in [-0.3, -0.25) is 4.57 Å². The van der Waals surface area contributed by atoms with Crippen LogP contribution >= 0.6 is 0 Å². The molecule has 0 atom stereocenters. The number of fused-ring (bicyclic) bond motifs is 12. The summed E-state index contributed by atoms with van der Waals surface area (Å²) in [7, 11) is 0. The summed E-state index contributed by atoms with van der Waals surface area (Å²) in [5.41, 5.74) is 14.4. The molecule has 0 fully saturated rings. The van der Waals surface area contributed by atoms with E-state index in [9.17, 15) is 0 Å². The zero-order chi connectivity index (χ0) is 83.1. The maximum Gasteiger partial charge on any atom is 0.165 e. The molecule has 21 rings (SSSR count).